The van der Waals surface area contributed by atoms with Crippen molar-refractivity contribution < 1.29 is 9.18 Å². The number of rotatable bonds is 5. The predicted molar refractivity (Wildman–Crippen MR) is 67.6 cm³/mol. The topological polar surface area (TPSA) is 67.2 Å². The zero-order valence-electron chi connectivity index (χ0n) is 9.52. The summed E-state index contributed by atoms with van der Waals surface area (Å²) >= 11 is 5.61. The van der Waals surface area contributed by atoms with Gasteiger partial charge in [-0.05, 0) is 12.5 Å². The third-order valence-electron chi connectivity index (χ3n) is 2.10. The molecule has 4 N–H and O–H groups in total. The Hall–Kier alpha value is -1.49. The van der Waals surface area contributed by atoms with Gasteiger partial charge in [-0.15, -0.1) is 0 Å². The zero-order chi connectivity index (χ0) is 12.8. The number of carbonyl (C=O) groups is 1. The minimum atomic E-state index is -0.579. The molecule has 0 heterocycles. The van der Waals surface area contributed by atoms with Gasteiger partial charge in [0.05, 0.1) is 22.9 Å². The van der Waals surface area contributed by atoms with Gasteiger partial charge in [0.25, 0.3) is 0 Å². The van der Waals surface area contributed by atoms with E-state index in [2.05, 4.69) is 10.6 Å². The Morgan fingerprint density at radius 2 is 2.24 bits per heavy atom. The molecule has 1 rings (SSSR count). The summed E-state index contributed by atoms with van der Waals surface area (Å²) in [6, 6.07) is 2.48. The highest BCUT2D eigenvalue weighted by molar-refractivity contribution is 6.31. The van der Waals surface area contributed by atoms with E-state index in [4.69, 9.17) is 17.3 Å². The Morgan fingerprint density at radius 1 is 1.53 bits per heavy atom. The molecule has 0 aliphatic carbocycles. The van der Waals surface area contributed by atoms with Gasteiger partial charge < -0.3 is 16.4 Å². The van der Waals surface area contributed by atoms with Gasteiger partial charge in [0, 0.05) is 12.6 Å². The molecule has 94 valence electrons. The fourth-order valence-corrected chi connectivity index (χ4v) is 1.38. The van der Waals surface area contributed by atoms with Gasteiger partial charge >= 0.3 is 0 Å². The Kier molecular flexibility index (Phi) is 5.03. The Labute approximate surface area is 104 Å². The fraction of sp³-hybridized carbons (Fsp3) is 0.364. The molecule has 0 aliphatic heterocycles. The van der Waals surface area contributed by atoms with E-state index >= 15 is 0 Å². The van der Waals surface area contributed by atoms with Crippen LogP contribution in [0.2, 0.25) is 5.02 Å². The number of nitrogens with two attached hydrogens (primary N) is 1. The quantitative estimate of drug-likeness (QED) is 0.709. The zero-order valence-corrected chi connectivity index (χ0v) is 10.3. The van der Waals surface area contributed by atoms with Crippen molar-refractivity contribution in [3.05, 3.63) is 23.0 Å². The van der Waals surface area contributed by atoms with E-state index in [1.807, 2.05) is 6.92 Å². The number of hydrogen-bond donors (Lipinski definition) is 3. The highest BCUT2D eigenvalue weighted by Crippen LogP contribution is 2.25. The summed E-state index contributed by atoms with van der Waals surface area (Å²) in [4.78, 5) is 11.3. The molecule has 1 aromatic carbocycles. The lowest BCUT2D eigenvalue weighted by molar-refractivity contribution is -0.119. The third kappa shape index (κ3) is 4.11. The second-order valence-corrected chi connectivity index (χ2v) is 3.96. The van der Waals surface area contributed by atoms with Crippen LogP contribution in [0.15, 0.2) is 12.1 Å². The van der Waals surface area contributed by atoms with Crippen LogP contribution in [-0.2, 0) is 4.79 Å². The van der Waals surface area contributed by atoms with Crippen LogP contribution < -0.4 is 16.4 Å². The van der Waals surface area contributed by atoms with E-state index in [0.717, 1.165) is 12.5 Å². The smallest absolute Gasteiger partial charge is 0.239 e. The molecule has 0 aromatic heterocycles. The van der Waals surface area contributed by atoms with E-state index < -0.39 is 5.82 Å². The molecule has 0 saturated carbocycles. The Balaban J connectivity index is 2.57. The highest BCUT2D eigenvalue weighted by atomic mass is 35.5. The molecule has 0 unspecified atom stereocenters. The summed E-state index contributed by atoms with van der Waals surface area (Å²) in [5.41, 5.74) is 6.25. The number of carbonyl (C=O) groups excluding carboxylic acids is 1. The first-order valence-corrected chi connectivity index (χ1v) is 5.67. The van der Waals surface area contributed by atoms with Gasteiger partial charge in [0.2, 0.25) is 5.91 Å². The van der Waals surface area contributed by atoms with Crippen LogP contribution in [0, 0.1) is 5.82 Å². The molecule has 1 amide bonds. The van der Waals surface area contributed by atoms with Crippen molar-refractivity contribution in [1.29, 1.82) is 0 Å². The van der Waals surface area contributed by atoms with Crippen molar-refractivity contribution in [2.45, 2.75) is 13.3 Å². The SMILES string of the molecule is CCCNC(=O)CNc1cc(Cl)c(F)cc1N. The monoisotopic (exact) mass is 259 g/mol. The Bertz CT molecular complexity index is 412. The van der Waals surface area contributed by atoms with Crippen LogP contribution in [0.25, 0.3) is 0 Å². The van der Waals surface area contributed by atoms with Gasteiger partial charge in [0.15, 0.2) is 0 Å². The molecule has 0 spiro atoms. The number of halogens is 2. The van der Waals surface area contributed by atoms with Crippen LogP contribution in [0.4, 0.5) is 15.8 Å². The number of hydrogen-bond acceptors (Lipinski definition) is 3. The van der Waals surface area contributed by atoms with Gasteiger partial charge in [-0.25, -0.2) is 4.39 Å². The lowest BCUT2D eigenvalue weighted by Crippen LogP contribution is -2.30. The third-order valence-corrected chi connectivity index (χ3v) is 2.39. The lowest BCUT2D eigenvalue weighted by atomic mass is 10.2. The van der Waals surface area contributed by atoms with Crippen molar-refractivity contribution in [2.75, 3.05) is 24.1 Å². The maximum atomic E-state index is 13.0. The standard InChI is InChI=1S/C11H15ClFN3O/c1-2-3-15-11(17)6-16-10-4-7(12)8(13)5-9(10)14/h4-5,16H,2-3,6,14H2,1H3,(H,15,17). The van der Waals surface area contributed by atoms with Crippen LogP contribution in [0.3, 0.4) is 0 Å². The van der Waals surface area contributed by atoms with Crippen molar-refractivity contribution >= 4 is 28.9 Å². The van der Waals surface area contributed by atoms with Crippen molar-refractivity contribution in [2.24, 2.45) is 0 Å². The summed E-state index contributed by atoms with van der Waals surface area (Å²) in [5, 5.41) is 5.47. The molecule has 0 atom stereocenters. The van der Waals surface area contributed by atoms with Crippen LogP contribution in [-0.4, -0.2) is 19.0 Å². The lowest BCUT2D eigenvalue weighted by Gasteiger charge is -2.10. The first kappa shape index (κ1) is 13.6. The van der Waals surface area contributed by atoms with E-state index in [-0.39, 0.29) is 23.2 Å². The molecule has 0 bridgehead atoms. The van der Waals surface area contributed by atoms with Crippen molar-refractivity contribution in [1.82, 2.24) is 5.32 Å². The summed E-state index contributed by atoms with van der Waals surface area (Å²) in [6.07, 6.45) is 0.871. The number of anilines is 2. The fourth-order valence-electron chi connectivity index (χ4n) is 1.22. The number of nitrogens with one attached hydrogen (secondary N) is 2. The van der Waals surface area contributed by atoms with Crippen molar-refractivity contribution in [3.8, 4) is 0 Å². The van der Waals surface area contributed by atoms with Crippen LogP contribution >= 0.6 is 11.6 Å². The van der Waals surface area contributed by atoms with Crippen LogP contribution in [0.1, 0.15) is 13.3 Å². The maximum absolute atomic E-state index is 13.0. The average molecular weight is 260 g/mol. The van der Waals surface area contributed by atoms with E-state index in [1.54, 1.807) is 0 Å². The highest BCUT2D eigenvalue weighted by Gasteiger charge is 2.07. The number of amides is 1. The van der Waals surface area contributed by atoms with Crippen LogP contribution in [0.5, 0.6) is 0 Å². The normalized spacial score (nSPS) is 10.1. The molecule has 4 nitrogen and oxygen atoms in total. The molecular formula is C11H15ClFN3O. The number of benzene rings is 1. The first-order chi connectivity index (χ1) is 8.04. The molecule has 0 saturated heterocycles. The minimum Gasteiger partial charge on any atom is -0.397 e. The van der Waals surface area contributed by atoms with E-state index in [9.17, 15) is 9.18 Å². The summed E-state index contributed by atoms with van der Waals surface area (Å²) in [5.74, 6) is -0.725. The van der Waals surface area contributed by atoms with Crippen molar-refractivity contribution in [3.63, 3.8) is 0 Å². The first-order valence-electron chi connectivity index (χ1n) is 5.29. The molecule has 1 aromatic rings. The summed E-state index contributed by atoms with van der Waals surface area (Å²) < 4.78 is 13.0. The average Bonchev–Trinajstić information content (AvgIpc) is 2.29. The summed E-state index contributed by atoms with van der Waals surface area (Å²) in [7, 11) is 0. The van der Waals surface area contributed by atoms with E-state index in [1.165, 1.54) is 6.07 Å². The largest absolute Gasteiger partial charge is 0.397 e. The van der Waals surface area contributed by atoms with Gasteiger partial charge in [0.1, 0.15) is 5.82 Å². The predicted octanol–water partition coefficient (Wildman–Crippen LogP) is 2.00. The second kappa shape index (κ2) is 6.30. The molecule has 0 fully saturated rings. The molecular weight excluding hydrogens is 245 g/mol. The van der Waals surface area contributed by atoms with Gasteiger partial charge in [-0.2, -0.15) is 0 Å². The number of nitrogen functional groups attached to an aromatic ring is 1. The minimum absolute atomic E-state index is 0.0318. The van der Waals surface area contributed by atoms with Gasteiger partial charge in [-0.1, -0.05) is 18.5 Å². The molecule has 0 aliphatic rings. The second-order valence-electron chi connectivity index (χ2n) is 3.56. The summed E-state index contributed by atoms with van der Waals surface area (Å²) in [6.45, 7) is 2.66. The molecule has 17 heavy (non-hydrogen) atoms. The maximum Gasteiger partial charge on any atom is 0.239 e. The van der Waals surface area contributed by atoms with Gasteiger partial charge in [-0.3, -0.25) is 4.79 Å². The van der Waals surface area contributed by atoms with E-state index in [0.29, 0.717) is 12.2 Å². The molecule has 0 radical (unpaired) electrons. The Morgan fingerprint density at radius 3 is 2.88 bits per heavy atom. The molecule has 6 heteroatoms.